The number of carbonyl (C=O) groups excluding carboxylic acids is 1. The van der Waals surface area contributed by atoms with Crippen molar-refractivity contribution in [3.05, 3.63) is 76.1 Å². The van der Waals surface area contributed by atoms with Crippen LogP contribution in [0.5, 0.6) is 0 Å². The number of hydrogen-bond donors (Lipinski definition) is 2. The van der Waals surface area contributed by atoms with Crippen LogP contribution in [0.4, 0.5) is 0 Å². The average Bonchev–Trinajstić information content (AvgIpc) is 2.65. The number of fused-ring (bicyclic) bond motifs is 2. The molecule has 25 heavy (non-hydrogen) atoms. The molecule has 0 spiro atoms. The summed E-state index contributed by atoms with van der Waals surface area (Å²) in [7, 11) is 0. The van der Waals surface area contributed by atoms with Crippen molar-refractivity contribution in [3.8, 4) is 0 Å². The summed E-state index contributed by atoms with van der Waals surface area (Å²) in [5, 5.41) is 8.69. The van der Waals surface area contributed by atoms with Crippen LogP contribution in [0.25, 0.3) is 10.8 Å². The summed E-state index contributed by atoms with van der Waals surface area (Å²) >= 11 is 6.17. The molecule has 0 radical (unpaired) electrons. The minimum absolute atomic E-state index is 0.132. The van der Waals surface area contributed by atoms with Gasteiger partial charge in [0.05, 0.1) is 5.56 Å². The number of nitrogens with zero attached hydrogens (tertiary/aromatic N) is 1. The Morgan fingerprint density at radius 3 is 3.12 bits per heavy atom. The second-order valence-corrected chi connectivity index (χ2v) is 6.65. The monoisotopic (exact) mass is 351 g/mol. The zero-order chi connectivity index (χ0) is 17.2. The van der Waals surface area contributed by atoms with Gasteiger partial charge in [0, 0.05) is 35.9 Å². The highest BCUT2D eigenvalue weighted by atomic mass is 35.5. The highest BCUT2D eigenvalue weighted by Crippen LogP contribution is 2.24. The predicted octanol–water partition coefficient (Wildman–Crippen LogP) is 3.46. The number of nitrogens with one attached hydrogen (secondary N) is 2. The zero-order valence-corrected chi connectivity index (χ0v) is 14.4. The van der Waals surface area contributed by atoms with Crippen LogP contribution in [0.3, 0.4) is 0 Å². The molecule has 1 aliphatic heterocycles. The van der Waals surface area contributed by atoms with Gasteiger partial charge in [0.1, 0.15) is 0 Å². The van der Waals surface area contributed by atoms with Crippen molar-refractivity contribution in [2.75, 3.05) is 6.54 Å². The van der Waals surface area contributed by atoms with Crippen LogP contribution in [-0.2, 0) is 19.5 Å². The first-order valence-corrected chi connectivity index (χ1v) is 8.72. The minimum Gasteiger partial charge on any atom is -0.348 e. The van der Waals surface area contributed by atoms with E-state index in [1.807, 2.05) is 18.2 Å². The highest BCUT2D eigenvalue weighted by molar-refractivity contribution is 6.32. The van der Waals surface area contributed by atoms with E-state index in [-0.39, 0.29) is 5.91 Å². The van der Waals surface area contributed by atoms with Gasteiger partial charge in [-0.1, -0.05) is 29.8 Å². The van der Waals surface area contributed by atoms with Crippen LogP contribution in [0, 0.1) is 0 Å². The van der Waals surface area contributed by atoms with Crippen LogP contribution >= 0.6 is 11.6 Å². The summed E-state index contributed by atoms with van der Waals surface area (Å²) in [6.45, 7) is 2.38. The molecule has 0 saturated carbocycles. The van der Waals surface area contributed by atoms with E-state index in [4.69, 9.17) is 11.6 Å². The van der Waals surface area contributed by atoms with Crippen LogP contribution < -0.4 is 10.6 Å². The Labute approximate surface area is 151 Å². The minimum atomic E-state index is -0.132. The van der Waals surface area contributed by atoms with Crippen LogP contribution in [-0.4, -0.2) is 17.4 Å². The molecule has 0 fully saturated rings. The van der Waals surface area contributed by atoms with E-state index in [9.17, 15) is 4.79 Å². The molecular weight excluding hydrogens is 334 g/mol. The lowest BCUT2D eigenvalue weighted by Gasteiger charge is -2.20. The maximum absolute atomic E-state index is 12.7. The normalized spacial score (nSPS) is 13.5. The first-order valence-electron chi connectivity index (χ1n) is 8.34. The Balaban J connectivity index is 1.60. The quantitative estimate of drug-likeness (QED) is 0.759. The zero-order valence-electron chi connectivity index (χ0n) is 13.7. The molecule has 0 atom stereocenters. The van der Waals surface area contributed by atoms with Crippen molar-refractivity contribution in [2.24, 2.45) is 0 Å². The largest absolute Gasteiger partial charge is 0.348 e. The van der Waals surface area contributed by atoms with Gasteiger partial charge in [-0.15, -0.1) is 0 Å². The Hall–Kier alpha value is -2.43. The highest BCUT2D eigenvalue weighted by Gasteiger charge is 2.15. The van der Waals surface area contributed by atoms with E-state index >= 15 is 0 Å². The van der Waals surface area contributed by atoms with Gasteiger partial charge in [-0.2, -0.15) is 0 Å². The second kappa shape index (κ2) is 6.82. The summed E-state index contributed by atoms with van der Waals surface area (Å²) in [4.78, 5) is 16.9. The average molecular weight is 352 g/mol. The summed E-state index contributed by atoms with van der Waals surface area (Å²) < 4.78 is 0. The van der Waals surface area contributed by atoms with Gasteiger partial charge in [0.15, 0.2) is 0 Å². The lowest BCUT2D eigenvalue weighted by atomic mass is 9.95. The Morgan fingerprint density at radius 2 is 2.20 bits per heavy atom. The Bertz CT molecular complexity index is 955. The number of benzene rings is 2. The molecule has 0 aliphatic carbocycles. The number of rotatable bonds is 3. The standard InChI is InChI=1S/C20H18ClN3O/c21-16-8-13-4-6-23-12-19(13)18(9-16)20(25)24-11-15-3-1-2-14-10-22-7-5-17(14)15/h1-4,6,8-9,12,22H,5,7,10-11H2,(H,24,25). The molecule has 126 valence electrons. The molecule has 5 heteroatoms. The van der Waals surface area contributed by atoms with Gasteiger partial charge in [-0.3, -0.25) is 9.78 Å². The number of aromatic nitrogens is 1. The van der Waals surface area contributed by atoms with Crippen molar-refractivity contribution < 1.29 is 4.79 Å². The molecule has 3 aromatic rings. The molecular formula is C20H18ClN3O. The molecule has 2 aromatic carbocycles. The maximum Gasteiger partial charge on any atom is 0.252 e. The first-order chi connectivity index (χ1) is 12.2. The van der Waals surface area contributed by atoms with Gasteiger partial charge >= 0.3 is 0 Å². The number of halogens is 1. The van der Waals surface area contributed by atoms with Gasteiger partial charge in [-0.05, 0) is 53.2 Å². The third-order valence-electron chi connectivity index (χ3n) is 4.64. The maximum atomic E-state index is 12.7. The molecule has 2 heterocycles. The van der Waals surface area contributed by atoms with Crippen molar-refractivity contribution in [1.82, 2.24) is 15.6 Å². The van der Waals surface area contributed by atoms with Crippen LogP contribution in [0.1, 0.15) is 27.0 Å². The molecule has 1 amide bonds. The van der Waals surface area contributed by atoms with E-state index in [1.54, 1.807) is 18.5 Å². The van der Waals surface area contributed by atoms with Gasteiger partial charge in [-0.25, -0.2) is 0 Å². The van der Waals surface area contributed by atoms with E-state index in [0.29, 0.717) is 17.1 Å². The fraction of sp³-hybridized carbons (Fsp3) is 0.200. The van der Waals surface area contributed by atoms with Crippen molar-refractivity contribution in [2.45, 2.75) is 19.5 Å². The fourth-order valence-electron chi connectivity index (χ4n) is 3.40. The third-order valence-corrected chi connectivity index (χ3v) is 4.86. The Kier molecular flexibility index (Phi) is 4.38. The first kappa shape index (κ1) is 16.1. The molecule has 2 N–H and O–H groups in total. The lowest BCUT2D eigenvalue weighted by Crippen LogP contribution is -2.27. The molecule has 1 aliphatic rings. The van der Waals surface area contributed by atoms with Crippen LogP contribution in [0.15, 0.2) is 48.8 Å². The van der Waals surface area contributed by atoms with Crippen molar-refractivity contribution in [1.29, 1.82) is 0 Å². The topological polar surface area (TPSA) is 54.0 Å². The van der Waals surface area contributed by atoms with Gasteiger partial charge in [0.25, 0.3) is 5.91 Å². The smallest absolute Gasteiger partial charge is 0.252 e. The molecule has 0 saturated heterocycles. The molecule has 4 nitrogen and oxygen atoms in total. The molecule has 1 aromatic heterocycles. The summed E-state index contributed by atoms with van der Waals surface area (Å²) in [6, 6.07) is 11.7. The number of amides is 1. The van der Waals surface area contributed by atoms with E-state index in [0.717, 1.165) is 30.3 Å². The molecule has 0 unspecified atom stereocenters. The van der Waals surface area contributed by atoms with E-state index in [2.05, 4.69) is 27.8 Å². The van der Waals surface area contributed by atoms with Gasteiger partial charge < -0.3 is 10.6 Å². The molecule has 4 rings (SSSR count). The summed E-state index contributed by atoms with van der Waals surface area (Å²) in [6.07, 6.45) is 4.40. The lowest BCUT2D eigenvalue weighted by molar-refractivity contribution is 0.0952. The number of pyridine rings is 1. The SMILES string of the molecule is O=C(NCc1cccc2c1CCNC2)c1cc(Cl)cc2ccncc12. The van der Waals surface area contributed by atoms with Crippen molar-refractivity contribution in [3.63, 3.8) is 0 Å². The summed E-state index contributed by atoms with van der Waals surface area (Å²) in [5.74, 6) is -0.132. The second-order valence-electron chi connectivity index (χ2n) is 6.21. The summed E-state index contributed by atoms with van der Waals surface area (Å²) in [5.41, 5.74) is 4.40. The van der Waals surface area contributed by atoms with Crippen molar-refractivity contribution >= 4 is 28.3 Å². The number of hydrogen-bond acceptors (Lipinski definition) is 3. The van der Waals surface area contributed by atoms with Crippen LogP contribution in [0.2, 0.25) is 5.02 Å². The van der Waals surface area contributed by atoms with E-state index in [1.165, 1.54) is 16.7 Å². The fourth-order valence-corrected chi connectivity index (χ4v) is 3.62. The van der Waals surface area contributed by atoms with Gasteiger partial charge in [0.2, 0.25) is 0 Å². The Morgan fingerprint density at radius 1 is 1.28 bits per heavy atom. The molecule has 0 bridgehead atoms. The number of carbonyl (C=O) groups is 1. The third kappa shape index (κ3) is 3.23. The van der Waals surface area contributed by atoms with E-state index < -0.39 is 0 Å². The predicted molar refractivity (Wildman–Crippen MR) is 99.8 cm³/mol.